The number of hydrogen-bond donors (Lipinski definition) is 0. The molecule has 0 radical (unpaired) electrons. The number of hydrogen-bond acceptors (Lipinski definition) is 4. The van der Waals surface area contributed by atoms with Crippen molar-refractivity contribution in [2.24, 2.45) is 0 Å². The quantitative estimate of drug-likeness (QED) is 0.391. The molecule has 0 fully saturated rings. The predicted octanol–water partition coefficient (Wildman–Crippen LogP) is 2.97. The van der Waals surface area contributed by atoms with Crippen molar-refractivity contribution in [3.05, 3.63) is 11.6 Å². The summed E-state index contributed by atoms with van der Waals surface area (Å²) in [6.07, 6.45) is 4.67. The van der Waals surface area contributed by atoms with Crippen molar-refractivity contribution < 1.29 is 19.1 Å². The molecule has 0 rings (SSSR count). The maximum absolute atomic E-state index is 11.0. The van der Waals surface area contributed by atoms with Crippen molar-refractivity contribution in [3.8, 4) is 0 Å². The Labute approximate surface area is 103 Å². The van der Waals surface area contributed by atoms with Crippen LogP contribution in [-0.4, -0.2) is 18.2 Å². The molecule has 0 aromatic heterocycles. The Morgan fingerprint density at radius 3 is 1.94 bits per heavy atom. The van der Waals surface area contributed by atoms with E-state index in [2.05, 4.69) is 6.92 Å². The van der Waals surface area contributed by atoms with Gasteiger partial charge in [-0.25, -0.2) is 0 Å². The van der Waals surface area contributed by atoms with E-state index in [0.29, 0.717) is 0 Å². The van der Waals surface area contributed by atoms with Crippen LogP contribution < -0.4 is 0 Å². The van der Waals surface area contributed by atoms with Crippen LogP contribution in [0.1, 0.15) is 53.4 Å². The molecule has 0 unspecified atom stereocenters. The zero-order chi connectivity index (χ0) is 13.3. The molecule has 0 aliphatic rings. The van der Waals surface area contributed by atoms with Gasteiger partial charge in [0.05, 0.1) is 0 Å². The highest BCUT2D eigenvalue weighted by Crippen LogP contribution is 2.17. The van der Waals surface area contributed by atoms with E-state index in [0.717, 1.165) is 31.3 Å². The average molecular weight is 242 g/mol. The first kappa shape index (κ1) is 15.7. The van der Waals surface area contributed by atoms with Crippen molar-refractivity contribution >= 4 is 11.9 Å². The molecule has 0 spiro atoms. The Bertz CT molecular complexity index is 265. The molecular formula is C13H22O4. The molecule has 4 heteroatoms. The highest BCUT2D eigenvalue weighted by Gasteiger charge is 2.19. The zero-order valence-electron chi connectivity index (χ0n) is 11.1. The van der Waals surface area contributed by atoms with Crippen LogP contribution in [0.5, 0.6) is 0 Å². The summed E-state index contributed by atoms with van der Waals surface area (Å²) in [4.78, 5) is 22.0. The van der Waals surface area contributed by atoms with Gasteiger partial charge in [-0.2, -0.15) is 0 Å². The molecule has 0 heterocycles. The van der Waals surface area contributed by atoms with Crippen molar-refractivity contribution in [2.75, 3.05) is 0 Å². The Morgan fingerprint density at radius 1 is 1.06 bits per heavy atom. The second-order valence-corrected chi connectivity index (χ2v) is 3.87. The number of carbonyl (C=O) groups excluding carboxylic acids is 2. The van der Waals surface area contributed by atoms with Crippen LogP contribution in [0, 0.1) is 0 Å². The van der Waals surface area contributed by atoms with Gasteiger partial charge in [0.1, 0.15) is 0 Å². The van der Waals surface area contributed by atoms with Gasteiger partial charge >= 0.3 is 11.9 Å². The fourth-order valence-corrected chi connectivity index (χ4v) is 1.41. The minimum absolute atomic E-state index is 0.449. The Balaban J connectivity index is 4.77. The van der Waals surface area contributed by atoms with Gasteiger partial charge in [-0.3, -0.25) is 9.59 Å². The molecule has 0 aromatic rings. The Hall–Kier alpha value is -1.32. The van der Waals surface area contributed by atoms with Gasteiger partial charge in [-0.1, -0.05) is 32.8 Å². The van der Waals surface area contributed by atoms with Crippen LogP contribution in [-0.2, 0) is 19.1 Å². The lowest BCUT2D eigenvalue weighted by Crippen LogP contribution is -2.24. The zero-order valence-corrected chi connectivity index (χ0v) is 11.1. The molecule has 4 nitrogen and oxygen atoms in total. The SMILES string of the molecule is CCC/C=C(\CCC)C(OC(C)=O)OC(C)=O. The summed E-state index contributed by atoms with van der Waals surface area (Å²) in [6, 6.07) is 0. The van der Waals surface area contributed by atoms with Crippen LogP contribution in [0.2, 0.25) is 0 Å². The maximum atomic E-state index is 11.0. The summed E-state index contributed by atoms with van der Waals surface area (Å²) >= 11 is 0. The normalized spacial score (nSPS) is 11.5. The first-order valence-corrected chi connectivity index (χ1v) is 6.04. The Kier molecular flexibility index (Phi) is 8.11. The number of carbonyl (C=O) groups is 2. The maximum Gasteiger partial charge on any atom is 0.305 e. The van der Waals surface area contributed by atoms with Crippen LogP contribution >= 0.6 is 0 Å². The first-order chi connectivity index (χ1) is 8.01. The van der Waals surface area contributed by atoms with Gasteiger partial charge in [-0.05, 0) is 12.8 Å². The lowest BCUT2D eigenvalue weighted by Gasteiger charge is -2.19. The molecule has 0 atom stereocenters. The number of esters is 2. The summed E-state index contributed by atoms with van der Waals surface area (Å²) in [5, 5.41) is 0. The van der Waals surface area contributed by atoms with Gasteiger partial charge in [0.2, 0.25) is 0 Å². The monoisotopic (exact) mass is 242 g/mol. The molecule has 0 saturated heterocycles. The smallest absolute Gasteiger partial charge is 0.305 e. The average Bonchev–Trinajstić information content (AvgIpc) is 2.22. The fourth-order valence-electron chi connectivity index (χ4n) is 1.41. The largest absolute Gasteiger partial charge is 0.421 e. The number of ether oxygens (including phenoxy) is 2. The molecule has 0 aromatic carbocycles. The van der Waals surface area contributed by atoms with Crippen molar-refractivity contribution in [1.82, 2.24) is 0 Å². The molecule has 17 heavy (non-hydrogen) atoms. The first-order valence-electron chi connectivity index (χ1n) is 6.04. The minimum Gasteiger partial charge on any atom is -0.421 e. The minimum atomic E-state index is -0.864. The van der Waals surface area contributed by atoms with Gasteiger partial charge in [0.25, 0.3) is 6.29 Å². The van der Waals surface area contributed by atoms with E-state index in [4.69, 9.17) is 9.47 Å². The highest BCUT2D eigenvalue weighted by molar-refractivity contribution is 5.68. The second-order valence-electron chi connectivity index (χ2n) is 3.87. The van der Waals surface area contributed by atoms with Crippen LogP contribution in [0.15, 0.2) is 11.6 Å². The fraction of sp³-hybridized carbons (Fsp3) is 0.692. The molecule has 0 amide bonds. The molecule has 0 N–H and O–H groups in total. The van der Waals surface area contributed by atoms with E-state index in [1.54, 1.807) is 0 Å². The van der Waals surface area contributed by atoms with Crippen molar-refractivity contribution in [2.45, 2.75) is 59.7 Å². The number of unbranched alkanes of at least 4 members (excludes halogenated alkanes) is 1. The van der Waals surface area contributed by atoms with Gasteiger partial charge in [0, 0.05) is 19.4 Å². The van der Waals surface area contributed by atoms with E-state index in [1.807, 2.05) is 13.0 Å². The summed E-state index contributed by atoms with van der Waals surface area (Å²) in [5.74, 6) is -0.899. The van der Waals surface area contributed by atoms with E-state index >= 15 is 0 Å². The third-order valence-electron chi connectivity index (χ3n) is 2.08. The summed E-state index contributed by atoms with van der Waals surface area (Å²) in [7, 11) is 0. The van der Waals surface area contributed by atoms with E-state index in [9.17, 15) is 9.59 Å². The number of rotatable bonds is 7. The molecule has 0 bridgehead atoms. The van der Waals surface area contributed by atoms with Crippen LogP contribution in [0.3, 0.4) is 0 Å². The Morgan fingerprint density at radius 2 is 1.59 bits per heavy atom. The lowest BCUT2D eigenvalue weighted by molar-refractivity contribution is -0.178. The second kappa shape index (κ2) is 8.79. The predicted molar refractivity (Wildman–Crippen MR) is 65.2 cm³/mol. The summed E-state index contributed by atoms with van der Waals surface area (Å²) in [6.45, 7) is 6.70. The van der Waals surface area contributed by atoms with Gasteiger partial charge in [0.15, 0.2) is 0 Å². The van der Waals surface area contributed by atoms with E-state index in [1.165, 1.54) is 13.8 Å². The standard InChI is InChI=1S/C13H22O4/c1-5-7-9-12(8-6-2)13(16-10(3)14)17-11(4)15/h9,13H,5-8H2,1-4H3/b12-9+. The topological polar surface area (TPSA) is 52.6 Å². The summed E-state index contributed by atoms with van der Waals surface area (Å²) < 4.78 is 10.0. The molecular weight excluding hydrogens is 220 g/mol. The number of allylic oxidation sites excluding steroid dienone is 1. The molecule has 0 aliphatic heterocycles. The molecule has 0 aliphatic carbocycles. The van der Waals surface area contributed by atoms with Crippen LogP contribution in [0.4, 0.5) is 0 Å². The van der Waals surface area contributed by atoms with Gasteiger partial charge < -0.3 is 9.47 Å². The third kappa shape index (κ3) is 7.55. The highest BCUT2D eigenvalue weighted by atomic mass is 16.7. The third-order valence-corrected chi connectivity index (χ3v) is 2.08. The summed E-state index contributed by atoms with van der Waals surface area (Å²) in [5.41, 5.74) is 0.861. The van der Waals surface area contributed by atoms with E-state index in [-0.39, 0.29) is 0 Å². The molecule has 98 valence electrons. The molecule has 0 saturated carbocycles. The van der Waals surface area contributed by atoms with Crippen LogP contribution in [0.25, 0.3) is 0 Å². The van der Waals surface area contributed by atoms with Crippen molar-refractivity contribution in [1.29, 1.82) is 0 Å². The van der Waals surface area contributed by atoms with Crippen molar-refractivity contribution in [3.63, 3.8) is 0 Å². The van der Waals surface area contributed by atoms with Gasteiger partial charge in [-0.15, -0.1) is 0 Å². The van der Waals surface area contributed by atoms with E-state index < -0.39 is 18.2 Å². The lowest BCUT2D eigenvalue weighted by atomic mass is 10.1.